The molecule has 0 amide bonds. The second kappa shape index (κ2) is 11.8. The Bertz CT molecular complexity index is 1470. The van der Waals surface area contributed by atoms with Crippen molar-refractivity contribution >= 4 is 19.9 Å². The van der Waals surface area contributed by atoms with Gasteiger partial charge < -0.3 is 14.0 Å². The minimum atomic E-state index is -3.94. The van der Waals surface area contributed by atoms with E-state index in [1.54, 1.807) is 34.9 Å². The van der Waals surface area contributed by atoms with Crippen LogP contribution in [0.2, 0.25) is 0 Å². The number of hydrogen-bond donors (Lipinski definition) is 0. The highest BCUT2D eigenvalue weighted by Gasteiger charge is 2.33. The summed E-state index contributed by atoms with van der Waals surface area (Å²) in [4.78, 5) is 4.43. The molecule has 2 aliphatic rings. The van der Waals surface area contributed by atoms with Gasteiger partial charge in [-0.15, -0.1) is 0 Å². The molecule has 2 aromatic carbocycles. The minimum Gasteiger partial charge on any atom is -0.377 e. The smallest absolute Gasteiger partial charge is 0.243 e. The maximum Gasteiger partial charge on any atom is 0.243 e. The SMILES string of the molecule is O=S(=O)(Cc1ccc(F)cc1)c1ncc(CN(CC2CCCO2)S(=O)(=O)c2ccccc2)n1CC1CCCO1. The predicted molar refractivity (Wildman–Crippen MR) is 142 cm³/mol. The molecule has 2 unspecified atom stereocenters. The molecule has 2 atom stereocenters. The Morgan fingerprint density at radius 3 is 2.23 bits per heavy atom. The monoisotopic (exact) mass is 577 g/mol. The maximum atomic E-state index is 13.7. The molecule has 1 aromatic heterocycles. The summed E-state index contributed by atoms with van der Waals surface area (Å²) >= 11 is 0. The van der Waals surface area contributed by atoms with Gasteiger partial charge in [0.1, 0.15) is 5.82 Å². The maximum absolute atomic E-state index is 13.7. The van der Waals surface area contributed by atoms with Gasteiger partial charge in [0.05, 0.1) is 47.8 Å². The van der Waals surface area contributed by atoms with Crippen LogP contribution >= 0.6 is 0 Å². The normalized spacial score (nSPS) is 20.2. The summed E-state index contributed by atoms with van der Waals surface area (Å²) in [5.74, 6) is -0.818. The van der Waals surface area contributed by atoms with Crippen LogP contribution < -0.4 is 0 Å². The Kier molecular flexibility index (Phi) is 8.48. The summed E-state index contributed by atoms with van der Waals surface area (Å²) in [6, 6.07) is 13.4. The molecule has 39 heavy (non-hydrogen) atoms. The van der Waals surface area contributed by atoms with Gasteiger partial charge in [-0.25, -0.2) is 26.2 Å². The number of halogens is 1. The Labute approximate surface area is 228 Å². The number of imidazole rings is 1. The van der Waals surface area contributed by atoms with Gasteiger partial charge >= 0.3 is 0 Å². The zero-order valence-corrected chi connectivity index (χ0v) is 23.1. The van der Waals surface area contributed by atoms with E-state index in [0.29, 0.717) is 24.5 Å². The van der Waals surface area contributed by atoms with Crippen molar-refractivity contribution in [2.24, 2.45) is 0 Å². The van der Waals surface area contributed by atoms with Gasteiger partial charge in [-0.05, 0) is 55.5 Å². The minimum absolute atomic E-state index is 0.0805. The summed E-state index contributed by atoms with van der Waals surface area (Å²) in [7, 11) is -7.86. The van der Waals surface area contributed by atoms with Crippen LogP contribution in [0.5, 0.6) is 0 Å². The van der Waals surface area contributed by atoms with Crippen molar-refractivity contribution in [2.75, 3.05) is 19.8 Å². The number of aromatic nitrogens is 2. The van der Waals surface area contributed by atoms with Crippen molar-refractivity contribution in [3.8, 4) is 0 Å². The average molecular weight is 578 g/mol. The van der Waals surface area contributed by atoms with Crippen LogP contribution in [0.4, 0.5) is 4.39 Å². The molecule has 12 heteroatoms. The van der Waals surface area contributed by atoms with Crippen molar-refractivity contribution in [3.05, 3.63) is 77.9 Å². The quantitative estimate of drug-likeness (QED) is 0.343. The molecule has 0 radical (unpaired) electrons. The van der Waals surface area contributed by atoms with E-state index in [2.05, 4.69) is 4.98 Å². The summed E-state index contributed by atoms with van der Waals surface area (Å²) in [6.45, 7) is 1.45. The largest absolute Gasteiger partial charge is 0.377 e. The number of benzene rings is 2. The van der Waals surface area contributed by atoms with E-state index in [1.165, 1.54) is 34.8 Å². The van der Waals surface area contributed by atoms with Crippen molar-refractivity contribution in [1.29, 1.82) is 0 Å². The fraction of sp³-hybridized carbons (Fsp3) is 0.444. The van der Waals surface area contributed by atoms with Gasteiger partial charge in [0.2, 0.25) is 25.0 Å². The molecule has 0 N–H and O–H groups in total. The molecule has 2 aliphatic heterocycles. The van der Waals surface area contributed by atoms with E-state index in [4.69, 9.17) is 9.47 Å². The molecule has 9 nitrogen and oxygen atoms in total. The van der Waals surface area contributed by atoms with Crippen molar-refractivity contribution in [3.63, 3.8) is 0 Å². The van der Waals surface area contributed by atoms with Crippen molar-refractivity contribution in [2.45, 2.75) is 66.8 Å². The van der Waals surface area contributed by atoms with Gasteiger partial charge in [-0.1, -0.05) is 30.3 Å². The van der Waals surface area contributed by atoms with Gasteiger partial charge in [0.25, 0.3) is 0 Å². The second-order valence-electron chi connectivity index (χ2n) is 9.91. The number of hydrogen-bond acceptors (Lipinski definition) is 7. The number of sulfonamides is 1. The third kappa shape index (κ3) is 6.58. The van der Waals surface area contributed by atoms with Crippen LogP contribution in [0.1, 0.15) is 36.9 Å². The molecule has 3 aromatic rings. The molecule has 3 heterocycles. The highest BCUT2D eigenvalue weighted by molar-refractivity contribution is 7.90. The molecule has 2 fully saturated rings. The average Bonchev–Trinajstić information content (AvgIpc) is 3.70. The molecule has 210 valence electrons. The van der Waals surface area contributed by atoms with Gasteiger partial charge in [-0.3, -0.25) is 0 Å². The van der Waals surface area contributed by atoms with E-state index in [9.17, 15) is 21.2 Å². The van der Waals surface area contributed by atoms with E-state index in [-0.39, 0.29) is 47.6 Å². The molecule has 0 bridgehead atoms. The standard InChI is InChI=1S/C27H32FN3O6S2/c28-22-12-10-21(11-13-22)20-38(32,33)27-29-16-23(31(27)19-25-7-5-15-37-25)17-30(18-24-6-4-14-36-24)39(34,35)26-8-2-1-3-9-26/h1-3,8-13,16,24-25H,4-7,14-15,17-20H2. The molecular weight excluding hydrogens is 545 g/mol. The summed E-state index contributed by atoms with van der Waals surface area (Å²) in [5.41, 5.74) is 0.872. The lowest BCUT2D eigenvalue weighted by molar-refractivity contribution is 0.0884. The topological polar surface area (TPSA) is 108 Å². The van der Waals surface area contributed by atoms with Crippen LogP contribution in [0.15, 0.2) is 70.8 Å². The van der Waals surface area contributed by atoms with Crippen LogP contribution in [0.25, 0.3) is 0 Å². The van der Waals surface area contributed by atoms with Crippen LogP contribution in [0, 0.1) is 5.82 Å². The van der Waals surface area contributed by atoms with Crippen LogP contribution in [-0.4, -0.2) is 62.7 Å². The fourth-order valence-electron chi connectivity index (χ4n) is 5.00. The Hall–Kier alpha value is -2.64. The summed E-state index contributed by atoms with van der Waals surface area (Å²) < 4.78 is 82.3. The second-order valence-corrected chi connectivity index (χ2v) is 13.7. The van der Waals surface area contributed by atoms with Crippen molar-refractivity contribution < 1.29 is 30.7 Å². The number of ether oxygens (including phenoxy) is 2. The van der Waals surface area contributed by atoms with Crippen molar-refractivity contribution in [1.82, 2.24) is 13.9 Å². The molecule has 2 saturated heterocycles. The summed E-state index contributed by atoms with van der Waals surface area (Å²) in [6.07, 6.45) is 4.18. The lowest BCUT2D eigenvalue weighted by Gasteiger charge is -2.26. The molecule has 0 spiro atoms. The predicted octanol–water partition coefficient (Wildman–Crippen LogP) is 3.55. The number of nitrogens with zero attached hydrogens (tertiary/aromatic N) is 3. The van der Waals surface area contributed by atoms with E-state index in [1.807, 2.05) is 0 Å². The first-order chi connectivity index (χ1) is 18.7. The Balaban J connectivity index is 1.50. The van der Waals surface area contributed by atoms with Gasteiger partial charge in [0, 0.05) is 19.8 Å². The third-order valence-corrected chi connectivity index (χ3v) is 10.4. The van der Waals surface area contributed by atoms with E-state index >= 15 is 0 Å². The number of sulfone groups is 1. The van der Waals surface area contributed by atoms with Crippen LogP contribution in [-0.2, 0) is 48.2 Å². The van der Waals surface area contributed by atoms with E-state index < -0.39 is 25.7 Å². The molecule has 5 rings (SSSR count). The first-order valence-electron chi connectivity index (χ1n) is 13.0. The fourth-order valence-corrected chi connectivity index (χ4v) is 7.97. The van der Waals surface area contributed by atoms with E-state index in [0.717, 1.165) is 25.7 Å². The molecule has 0 saturated carbocycles. The molecular formula is C27H32FN3O6S2. The van der Waals surface area contributed by atoms with Crippen LogP contribution in [0.3, 0.4) is 0 Å². The van der Waals surface area contributed by atoms with Gasteiger partial charge in [-0.2, -0.15) is 4.31 Å². The summed E-state index contributed by atoms with van der Waals surface area (Å²) in [5, 5.41) is -0.161. The lowest BCUT2D eigenvalue weighted by atomic mass is 10.2. The zero-order chi connectivity index (χ0) is 27.5. The number of rotatable bonds is 11. The zero-order valence-electron chi connectivity index (χ0n) is 21.5. The Morgan fingerprint density at radius 2 is 1.59 bits per heavy atom. The first kappa shape index (κ1) is 27.9. The third-order valence-electron chi connectivity index (χ3n) is 7.01. The molecule has 0 aliphatic carbocycles. The lowest BCUT2D eigenvalue weighted by Crippen LogP contribution is -2.37. The van der Waals surface area contributed by atoms with Gasteiger partial charge in [0.15, 0.2) is 0 Å². The first-order valence-corrected chi connectivity index (χ1v) is 16.1. The Morgan fingerprint density at radius 1 is 0.923 bits per heavy atom. The highest BCUT2D eigenvalue weighted by atomic mass is 32.2. The highest BCUT2D eigenvalue weighted by Crippen LogP contribution is 2.26.